The Kier molecular flexibility index (Phi) is 8.49. The maximum absolute atomic E-state index is 12.7. The highest BCUT2D eigenvalue weighted by atomic mass is 32.2. The van der Waals surface area contributed by atoms with E-state index in [1.165, 1.54) is 30.2 Å². The summed E-state index contributed by atoms with van der Waals surface area (Å²) in [7, 11) is 1.61. The Balaban J connectivity index is 1.44. The van der Waals surface area contributed by atoms with Gasteiger partial charge < -0.3 is 10.5 Å². The minimum atomic E-state index is -0.0474. The normalized spacial score (nSPS) is 15.3. The maximum atomic E-state index is 12.7. The molecule has 1 aliphatic rings. The van der Waals surface area contributed by atoms with Crippen molar-refractivity contribution in [3.05, 3.63) is 82.9 Å². The van der Waals surface area contributed by atoms with E-state index in [-0.39, 0.29) is 17.5 Å². The van der Waals surface area contributed by atoms with Gasteiger partial charge in [0.25, 0.3) is 0 Å². The van der Waals surface area contributed by atoms with E-state index in [1.54, 1.807) is 42.5 Å². The highest BCUT2D eigenvalue weighted by molar-refractivity contribution is 8.15. The van der Waals surface area contributed by atoms with Crippen LogP contribution in [0.3, 0.4) is 0 Å². The predicted octanol–water partition coefficient (Wildman–Crippen LogP) is 5.11. The second kappa shape index (κ2) is 12.2. The third-order valence-electron chi connectivity index (χ3n) is 5.58. The number of benzene rings is 3. The van der Waals surface area contributed by atoms with Gasteiger partial charge in [-0.05, 0) is 66.9 Å². The standard InChI is InChI=1S/C27H25FN6O3S/c1-17-12-23(36-3)13-18(2)25(17)34-24(35)15-38-27(34)33-32-14-19-4-6-20(7-5-19)26(29)31-16-30-21-8-10-22(37-28)11-9-21/h4-14,16H,15H2,1-3H3,(H2,29,30,31)/b32-14+,33-27-. The number of nitrogens with zero attached hydrogens (tertiary/aromatic N) is 5. The van der Waals surface area contributed by atoms with Crippen LogP contribution in [-0.2, 0) is 4.79 Å². The van der Waals surface area contributed by atoms with Crippen LogP contribution in [0.1, 0.15) is 22.3 Å². The molecule has 1 saturated heterocycles. The average Bonchev–Trinajstić information content (AvgIpc) is 3.28. The van der Waals surface area contributed by atoms with Crippen molar-refractivity contribution in [3.8, 4) is 11.5 Å². The van der Waals surface area contributed by atoms with Gasteiger partial charge in [0.15, 0.2) is 10.9 Å². The number of anilines is 1. The van der Waals surface area contributed by atoms with E-state index >= 15 is 0 Å². The summed E-state index contributed by atoms with van der Waals surface area (Å²) in [6, 6.07) is 17.1. The Morgan fingerprint density at radius 1 is 1.05 bits per heavy atom. The molecule has 0 unspecified atom stereocenters. The van der Waals surface area contributed by atoms with Gasteiger partial charge in [-0.15, -0.1) is 5.10 Å². The molecule has 9 nitrogen and oxygen atoms in total. The number of methoxy groups -OCH3 is 1. The van der Waals surface area contributed by atoms with Crippen LogP contribution in [0, 0.1) is 13.8 Å². The van der Waals surface area contributed by atoms with E-state index in [4.69, 9.17) is 10.5 Å². The van der Waals surface area contributed by atoms with Crippen molar-refractivity contribution in [2.75, 3.05) is 17.8 Å². The van der Waals surface area contributed by atoms with Gasteiger partial charge in [-0.2, -0.15) is 5.10 Å². The molecule has 0 radical (unpaired) electrons. The number of hydrogen-bond acceptors (Lipinski definition) is 7. The number of rotatable bonds is 8. The molecular formula is C27H25FN6O3S. The molecule has 3 aromatic rings. The lowest BCUT2D eigenvalue weighted by atomic mass is 10.1. The van der Waals surface area contributed by atoms with Crippen LogP contribution in [-0.4, -0.2) is 42.3 Å². The minimum Gasteiger partial charge on any atom is -0.497 e. The second-order valence-corrected chi connectivity index (χ2v) is 9.15. The number of amidine groups is 2. The summed E-state index contributed by atoms with van der Waals surface area (Å²) in [5.41, 5.74) is 10.8. The van der Waals surface area contributed by atoms with Crippen LogP contribution in [0.5, 0.6) is 11.5 Å². The molecular weight excluding hydrogens is 507 g/mol. The summed E-state index contributed by atoms with van der Waals surface area (Å²) < 4.78 is 17.4. The first-order valence-corrected chi connectivity index (χ1v) is 12.4. The molecule has 0 saturated carbocycles. The Morgan fingerprint density at radius 3 is 2.37 bits per heavy atom. The first-order chi connectivity index (χ1) is 18.4. The van der Waals surface area contributed by atoms with E-state index < -0.39 is 0 Å². The zero-order chi connectivity index (χ0) is 27.1. The zero-order valence-electron chi connectivity index (χ0n) is 21.0. The molecule has 0 spiro atoms. The van der Waals surface area contributed by atoms with Crippen LogP contribution < -0.4 is 20.3 Å². The SMILES string of the molecule is COc1cc(C)c(N2C(=O)CS/C2=N\N=C\c2ccc(C(N)=NC=Nc3ccc(OF)cc3)cc2)c(C)c1. The van der Waals surface area contributed by atoms with Crippen molar-refractivity contribution in [3.63, 3.8) is 0 Å². The number of aliphatic imine (C=N–C) groups is 2. The number of amides is 1. The monoisotopic (exact) mass is 532 g/mol. The third kappa shape index (κ3) is 6.24. The molecule has 0 aromatic heterocycles. The van der Waals surface area contributed by atoms with Crippen molar-refractivity contribution in [1.82, 2.24) is 0 Å². The quantitative estimate of drug-likeness (QED) is 0.246. The van der Waals surface area contributed by atoms with Gasteiger partial charge in [0.1, 0.15) is 17.9 Å². The summed E-state index contributed by atoms with van der Waals surface area (Å²) in [6.07, 6.45) is 2.93. The average molecular weight is 533 g/mol. The molecule has 1 heterocycles. The molecule has 38 heavy (non-hydrogen) atoms. The Morgan fingerprint density at radius 2 is 1.74 bits per heavy atom. The number of halogens is 1. The Hall–Kier alpha value is -4.51. The Labute approximate surface area is 223 Å². The molecule has 1 fully saturated rings. The topological polar surface area (TPSA) is 114 Å². The highest BCUT2D eigenvalue weighted by Crippen LogP contribution is 2.34. The Bertz CT molecular complexity index is 1410. The number of nitrogens with two attached hydrogens (primary N) is 1. The van der Waals surface area contributed by atoms with Gasteiger partial charge in [0, 0.05) is 10.1 Å². The smallest absolute Gasteiger partial charge is 0.243 e. The molecule has 11 heteroatoms. The van der Waals surface area contributed by atoms with Crippen LogP contribution >= 0.6 is 11.8 Å². The van der Waals surface area contributed by atoms with E-state index in [0.717, 1.165) is 28.1 Å². The fraction of sp³-hybridized carbons (Fsp3) is 0.148. The predicted molar refractivity (Wildman–Crippen MR) is 151 cm³/mol. The summed E-state index contributed by atoms with van der Waals surface area (Å²) in [5.74, 6) is 1.36. The number of hydrogen-bond donors (Lipinski definition) is 1. The van der Waals surface area contributed by atoms with Crippen molar-refractivity contribution in [1.29, 1.82) is 0 Å². The molecule has 3 aromatic carbocycles. The first kappa shape index (κ1) is 26.6. The van der Waals surface area contributed by atoms with Gasteiger partial charge in [-0.3, -0.25) is 14.6 Å². The summed E-state index contributed by atoms with van der Waals surface area (Å²) in [5, 5.41) is 9.04. The number of carbonyl (C=O) groups excluding carboxylic acids is 1. The van der Waals surface area contributed by atoms with Gasteiger partial charge in [0.2, 0.25) is 5.91 Å². The molecule has 1 aliphatic heterocycles. The lowest BCUT2D eigenvalue weighted by Crippen LogP contribution is -2.30. The summed E-state index contributed by atoms with van der Waals surface area (Å²) >= 11 is 1.34. The summed E-state index contributed by atoms with van der Waals surface area (Å²) in [4.78, 5) is 26.2. The van der Waals surface area contributed by atoms with Crippen LogP contribution in [0.4, 0.5) is 15.9 Å². The lowest BCUT2D eigenvalue weighted by Gasteiger charge is -2.21. The highest BCUT2D eigenvalue weighted by Gasteiger charge is 2.32. The van der Waals surface area contributed by atoms with Crippen LogP contribution in [0.25, 0.3) is 0 Å². The van der Waals surface area contributed by atoms with Gasteiger partial charge in [0.05, 0.1) is 30.5 Å². The molecule has 0 aliphatic carbocycles. The lowest BCUT2D eigenvalue weighted by molar-refractivity contribution is -0.115. The van der Waals surface area contributed by atoms with Crippen LogP contribution in [0.15, 0.2) is 80.9 Å². The van der Waals surface area contributed by atoms with Crippen LogP contribution in [0.2, 0.25) is 0 Å². The maximum Gasteiger partial charge on any atom is 0.243 e. The third-order valence-corrected chi connectivity index (χ3v) is 6.49. The number of carbonyl (C=O) groups is 1. The van der Waals surface area contributed by atoms with E-state index in [0.29, 0.717) is 22.2 Å². The van der Waals surface area contributed by atoms with Gasteiger partial charge in [-0.1, -0.05) is 36.0 Å². The number of ether oxygens (including phenoxy) is 1. The van der Waals surface area contributed by atoms with E-state index in [9.17, 15) is 9.32 Å². The van der Waals surface area contributed by atoms with E-state index in [1.807, 2.05) is 38.1 Å². The molecule has 2 N–H and O–H groups in total. The molecule has 0 atom stereocenters. The van der Waals surface area contributed by atoms with Crippen molar-refractivity contribution in [2.45, 2.75) is 13.8 Å². The largest absolute Gasteiger partial charge is 0.497 e. The summed E-state index contributed by atoms with van der Waals surface area (Å²) in [6.45, 7) is 3.87. The van der Waals surface area contributed by atoms with Crippen molar-refractivity contribution < 1.29 is 19.0 Å². The van der Waals surface area contributed by atoms with Gasteiger partial charge >= 0.3 is 0 Å². The fourth-order valence-corrected chi connectivity index (χ4v) is 4.55. The molecule has 0 bridgehead atoms. The molecule has 1 amide bonds. The zero-order valence-corrected chi connectivity index (χ0v) is 21.8. The van der Waals surface area contributed by atoms with Gasteiger partial charge in [-0.25, -0.2) is 9.98 Å². The molecule has 4 rings (SSSR count). The number of thioether (sulfide) groups is 1. The second-order valence-electron chi connectivity index (χ2n) is 8.21. The number of aryl methyl sites for hydroxylation is 2. The minimum absolute atomic E-state index is 0.0474. The fourth-order valence-electron chi connectivity index (χ4n) is 3.74. The van der Waals surface area contributed by atoms with Crippen molar-refractivity contribution >= 4 is 52.6 Å². The molecule has 194 valence electrons. The first-order valence-electron chi connectivity index (χ1n) is 11.5. The van der Waals surface area contributed by atoms with E-state index in [2.05, 4.69) is 25.1 Å². The van der Waals surface area contributed by atoms with Crippen molar-refractivity contribution in [2.24, 2.45) is 25.9 Å².